The lowest BCUT2D eigenvalue weighted by atomic mass is 9.67. The number of hydrogen-bond acceptors (Lipinski definition) is 0. The third-order valence-electron chi connectivity index (χ3n) is 2.92. The van der Waals surface area contributed by atoms with E-state index in [-0.39, 0.29) is 5.41 Å². The zero-order chi connectivity index (χ0) is 10.3. The molecule has 1 aliphatic heterocycles. The standard InChI is InChI=1S/C13H17B/c1-9-12(13(2,3)4)10-7-5-6-8-11(10)14-9/h5-8,14H,1-4H3. The second-order valence-corrected chi connectivity index (χ2v) is 5.24. The molecule has 0 spiro atoms. The average molecular weight is 184 g/mol. The van der Waals surface area contributed by atoms with Gasteiger partial charge in [0, 0.05) is 0 Å². The van der Waals surface area contributed by atoms with Crippen molar-refractivity contribution in [2.75, 3.05) is 0 Å². The molecule has 0 fully saturated rings. The van der Waals surface area contributed by atoms with Crippen LogP contribution in [0.3, 0.4) is 0 Å². The first-order chi connectivity index (χ1) is 6.50. The van der Waals surface area contributed by atoms with Crippen molar-refractivity contribution in [1.29, 1.82) is 0 Å². The minimum atomic E-state index is 0.274. The van der Waals surface area contributed by atoms with Gasteiger partial charge in [-0.3, -0.25) is 0 Å². The van der Waals surface area contributed by atoms with Gasteiger partial charge in [-0.05, 0) is 16.6 Å². The minimum absolute atomic E-state index is 0.274. The van der Waals surface area contributed by atoms with E-state index < -0.39 is 0 Å². The fraction of sp³-hybridized carbons (Fsp3) is 0.385. The van der Waals surface area contributed by atoms with Gasteiger partial charge in [-0.25, -0.2) is 0 Å². The summed E-state index contributed by atoms with van der Waals surface area (Å²) in [6.45, 7) is 9.16. The summed E-state index contributed by atoms with van der Waals surface area (Å²) in [4.78, 5) is 0. The fourth-order valence-electron chi connectivity index (χ4n) is 2.57. The summed E-state index contributed by atoms with van der Waals surface area (Å²) in [5.74, 6) is 0. The molecule has 1 aliphatic rings. The molecule has 2 rings (SSSR count). The largest absolute Gasteiger partial charge is 0.187 e. The van der Waals surface area contributed by atoms with Crippen LogP contribution in [-0.2, 0) is 0 Å². The second-order valence-electron chi connectivity index (χ2n) is 5.24. The number of fused-ring (bicyclic) bond motifs is 1. The number of allylic oxidation sites excluding steroid dienone is 2. The zero-order valence-electron chi connectivity index (χ0n) is 9.52. The third-order valence-corrected chi connectivity index (χ3v) is 2.92. The molecule has 0 radical (unpaired) electrons. The van der Waals surface area contributed by atoms with Crippen molar-refractivity contribution in [3.8, 4) is 0 Å². The van der Waals surface area contributed by atoms with Crippen LogP contribution in [0.1, 0.15) is 33.3 Å². The van der Waals surface area contributed by atoms with Crippen molar-refractivity contribution in [1.82, 2.24) is 0 Å². The molecule has 1 heterocycles. The Morgan fingerprint density at radius 3 is 2.36 bits per heavy atom. The topological polar surface area (TPSA) is 0 Å². The summed E-state index contributed by atoms with van der Waals surface area (Å²) >= 11 is 0. The highest BCUT2D eigenvalue weighted by Crippen LogP contribution is 2.38. The summed E-state index contributed by atoms with van der Waals surface area (Å²) in [6.07, 6.45) is 0. The van der Waals surface area contributed by atoms with E-state index in [4.69, 9.17) is 0 Å². The molecule has 0 N–H and O–H groups in total. The van der Waals surface area contributed by atoms with Crippen LogP contribution in [0, 0.1) is 5.41 Å². The maximum absolute atomic E-state index is 2.30. The summed E-state index contributed by atoms with van der Waals surface area (Å²) in [5, 5.41) is 0. The quantitative estimate of drug-likeness (QED) is 0.543. The fourth-order valence-corrected chi connectivity index (χ4v) is 2.57. The molecule has 0 aromatic heterocycles. The Morgan fingerprint density at radius 1 is 1.07 bits per heavy atom. The molecule has 1 aromatic carbocycles. The van der Waals surface area contributed by atoms with Gasteiger partial charge in [0.1, 0.15) is 0 Å². The van der Waals surface area contributed by atoms with Gasteiger partial charge in [-0.15, -0.1) is 0 Å². The Balaban J connectivity index is 2.57. The lowest BCUT2D eigenvalue weighted by molar-refractivity contribution is 0.566. The summed E-state index contributed by atoms with van der Waals surface area (Å²) in [5.41, 5.74) is 6.33. The van der Waals surface area contributed by atoms with Gasteiger partial charge >= 0.3 is 0 Å². The first kappa shape index (κ1) is 9.58. The van der Waals surface area contributed by atoms with Gasteiger partial charge in [-0.1, -0.05) is 62.9 Å². The molecule has 0 unspecified atom stereocenters. The van der Waals surface area contributed by atoms with E-state index in [1.807, 2.05) is 0 Å². The molecule has 0 saturated heterocycles. The monoisotopic (exact) mass is 184 g/mol. The molecule has 1 heteroatoms. The Hall–Kier alpha value is -0.975. The third kappa shape index (κ3) is 1.41. The molecule has 0 saturated carbocycles. The Labute approximate surface area is 87.3 Å². The van der Waals surface area contributed by atoms with Crippen molar-refractivity contribution in [2.45, 2.75) is 27.7 Å². The van der Waals surface area contributed by atoms with Crippen LogP contribution in [0.4, 0.5) is 0 Å². The lowest BCUT2D eigenvalue weighted by Gasteiger charge is -2.23. The maximum Gasteiger partial charge on any atom is 0.187 e. The highest BCUT2D eigenvalue weighted by atomic mass is 14.3. The summed E-state index contributed by atoms with van der Waals surface area (Å²) in [7, 11) is 1.14. The minimum Gasteiger partial charge on any atom is -0.0984 e. The molecule has 0 amide bonds. The van der Waals surface area contributed by atoms with Crippen molar-refractivity contribution >= 4 is 18.3 Å². The molecule has 1 aromatic rings. The van der Waals surface area contributed by atoms with Crippen LogP contribution in [0.25, 0.3) is 5.57 Å². The molecular formula is C13H17B. The number of hydrogen-bond donors (Lipinski definition) is 0. The molecule has 0 nitrogen and oxygen atoms in total. The molecule has 0 atom stereocenters. The Kier molecular flexibility index (Phi) is 2.06. The van der Waals surface area contributed by atoms with Crippen LogP contribution >= 0.6 is 0 Å². The van der Waals surface area contributed by atoms with Gasteiger partial charge in [0.15, 0.2) is 7.28 Å². The van der Waals surface area contributed by atoms with Gasteiger partial charge in [0.2, 0.25) is 0 Å². The molecule has 14 heavy (non-hydrogen) atoms. The van der Waals surface area contributed by atoms with E-state index in [9.17, 15) is 0 Å². The van der Waals surface area contributed by atoms with E-state index in [0.29, 0.717) is 0 Å². The Bertz CT molecular complexity index is 394. The van der Waals surface area contributed by atoms with Crippen LogP contribution in [0.5, 0.6) is 0 Å². The summed E-state index contributed by atoms with van der Waals surface area (Å²) < 4.78 is 0. The van der Waals surface area contributed by atoms with Gasteiger partial charge in [0.05, 0.1) is 0 Å². The Morgan fingerprint density at radius 2 is 1.71 bits per heavy atom. The average Bonchev–Trinajstić information content (AvgIpc) is 2.38. The lowest BCUT2D eigenvalue weighted by Crippen LogP contribution is -2.13. The highest BCUT2D eigenvalue weighted by molar-refractivity contribution is 6.66. The highest BCUT2D eigenvalue weighted by Gasteiger charge is 2.27. The number of benzene rings is 1. The van der Waals surface area contributed by atoms with E-state index >= 15 is 0 Å². The predicted octanol–water partition coefficient (Wildman–Crippen LogP) is 2.54. The SMILES string of the molecule is CC1=C(C(C)(C)C)c2ccccc2B1. The van der Waals surface area contributed by atoms with E-state index in [1.54, 1.807) is 11.0 Å². The molecule has 0 bridgehead atoms. The number of rotatable bonds is 0. The maximum atomic E-state index is 2.30. The first-order valence-corrected chi connectivity index (χ1v) is 5.28. The first-order valence-electron chi connectivity index (χ1n) is 5.28. The van der Waals surface area contributed by atoms with Crippen LogP contribution in [0.2, 0.25) is 0 Å². The molecule has 0 aliphatic carbocycles. The van der Waals surface area contributed by atoms with Crippen molar-refractivity contribution in [3.05, 3.63) is 35.3 Å². The van der Waals surface area contributed by atoms with E-state index in [0.717, 1.165) is 7.28 Å². The van der Waals surface area contributed by atoms with Gasteiger partial charge in [-0.2, -0.15) is 0 Å². The predicted molar refractivity (Wildman–Crippen MR) is 65.3 cm³/mol. The van der Waals surface area contributed by atoms with Crippen molar-refractivity contribution in [2.24, 2.45) is 5.41 Å². The van der Waals surface area contributed by atoms with Gasteiger partial charge < -0.3 is 0 Å². The van der Waals surface area contributed by atoms with E-state index in [2.05, 4.69) is 52.0 Å². The van der Waals surface area contributed by atoms with Gasteiger partial charge in [0.25, 0.3) is 0 Å². The van der Waals surface area contributed by atoms with Crippen molar-refractivity contribution < 1.29 is 0 Å². The zero-order valence-corrected chi connectivity index (χ0v) is 9.52. The van der Waals surface area contributed by atoms with Crippen molar-refractivity contribution in [3.63, 3.8) is 0 Å². The van der Waals surface area contributed by atoms with Crippen LogP contribution < -0.4 is 5.46 Å². The second kappa shape index (κ2) is 3.01. The van der Waals surface area contributed by atoms with Crippen LogP contribution in [-0.4, -0.2) is 7.28 Å². The normalized spacial score (nSPS) is 15.4. The summed E-state index contributed by atoms with van der Waals surface area (Å²) in [6, 6.07) is 8.78. The van der Waals surface area contributed by atoms with Crippen LogP contribution in [0.15, 0.2) is 29.7 Å². The smallest absolute Gasteiger partial charge is 0.0984 e. The van der Waals surface area contributed by atoms with E-state index in [1.165, 1.54) is 11.0 Å². The molecular weight excluding hydrogens is 167 g/mol. The molecule has 72 valence electrons.